The molecule has 0 bridgehead atoms. The highest BCUT2D eigenvalue weighted by molar-refractivity contribution is 7.80. The SMILES string of the molecule is Cc1ccccc1OCCCn1cc(/C=C2/C(=O)N(C)C(=S)N2C)c2ccccc21. The Morgan fingerprint density at radius 1 is 1.03 bits per heavy atom. The summed E-state index contributed by atoms with van der Waals surface area (Å²) in [5.41, 5.74) is 3.89. The maximum Gasteiger partial charge on any atom is 0.276 e. The van der Waals surface area contributed by atoms with Crippen LogP contribution in [0.25, 0.3) is 17.0 Å². The van der Waals surface area contributed by atoms with Crippen molar-refractivity contribution in [2.45, 2.75) is 19.9 Å². The van der Waals surface area contributed by atoms with E-state index in [1.165, 1.54) is 4.90 Å². The van der Waals surface area contributed by atoms with Crippen molar-refractivity contribution < 1.29 is 9.53 Å². The van der Waals surface area contributed by atoms with E-state index in [-0.39, 0.29) is 5.91 Å². The molecule has 5 nitrogen and oxygen atoms in total. The van der Waals surface area contributed by atoms with Crippen LogP contribution in [0.4, 0.5) is 0 Å². The lowest BCUT2D eigenvalue weighted by Crippen LogP contribution is -2.26. The van der Waals surface area contributed by atoms with Crippen molar-refractivity contribution in [2.75, 3.05) is 20.7 Å². The standard InChI is InChI=1S/C24H25N3O2S/c1-17-9-4-7-12-22(17)29-14-8-13-27-16-18(19-10-5-6-11-20(19)27)15-21-23(28)26(3)24(30)25(21)2/h4-7,9-12,15-16H,8,13-14H2,1-3H3/b21-15-. The van der Waals surface area contributed by atoms with Crippen LogP contribution in [0.15, 0.2) is 60.4 Å². The van der Waals surface area contributed by atoms with Gasteiger partial charge in [-0.3, -0.25) is 9.69 Å². The van der Waals surface area contributed by atoms with E-state index < -0.39 is 0 Å². The minimum atomic E-state index is -0.0778. The molecule has 0 aliphatic carbocycles. The number of carbonyl (C=O) groups excluding carboxylic acids is 1. The van der Waals surface area contributed by atoms with Gasteiger partial charge in [-0.15, -0.1) is 0 Å². The molecular formula is C24H25N3O2S. The fraction of sp³-hybridized carbons (Fsp3) is 0.250. The number of hydrogen-bond donors (Lipinski definition) is 0. The summed E-state index contributed by atoms with van der Waals surface area (Å²) >= 11 is 5.33. The number of thiocarbonyl (C=S) groups is 1. The van der Waals surface area contributed by atoms with Crippen molar-refractivity contribution in [3.8, 4) is 5.75 Å². The summed E-state index contributed by atoms with van der Waals surface area (Å²) in [7, 11) is 3.54. The highest BCUT2D eigenvalue weighted by Gasteiger charge is 2.32. The summed E-state index contributed by atoms with van der Waals surface area (Å²) in [5, 5.41) is 1.63. The van der Waals surface area contributed by atoms with Gasteiger partial charge in [0.05, 0.1) is 6.61 Å². The van der Waals surface area contributed by atoms with Gasteiger partial charge in [0.2, 0.25) is 0 Å². The summed E-state index contributed by atoms with van der Waals surface area (Å²) in [4.78, 5) is 15.8. The van der Waals surface area contributed by atoms with Gasteiger partial charge in [0.1, 0.15) is 11.4 Å². The first kappa shape index (κ1) is 20.2. The molecule has 2 aromatic carbocycles. The summed E-state index contributed by atoms with van der Waals surface area (Å²) in [6.07, 6.45) is 4.92. The predicted molar refractivity (Wildman–Crippen MR) is 124 cm³/mol. The average molecular weight is 420 g/mol. The number of rotatable bonds is 6. The normalized spacial score (nSPS) is 15.6. The molecular weight excluding hydrogens is 394 g/mol. The van der Waals surface area contributed by atoms with Gasteiger partial charge in [-0.05, 0) is 49.3 Å². The Balaban J connectivity index is 1.54. The molecule has 0 radical (unpaired) electrons. The number of amides is 1. The molecule has 0 unspecified atom stereocenters. The third kappa shape index (κ3) is 3.71. The Labute approximate surface area is 182 Å². The second kappa shape index (κ2) is 8.32. The Kier molecular flexibility index (Phi) is 5.59. The first-order chi connectivity index (χ1) is 14.5. The van der Waals surface area contributed by atoms with Gasteiger partial charge in [0.15, 0.2) is 5.11 Å². The van der Waals surface area contributed by atoms with Crippen molar-refractivity contribution in [1.29, 1.82) is 0 Å². The van der Waals surface area contributed by atoms with Gasteiger partial charge in [0, 0.05) is 43.3 Å². The summed E-state index contributed by atoms with van der Waals surface area (Å²) in [5.74, 6) is 0.856. The van der Waals surface area contributed by atoms with Crippen LogP contribution in [0.2, 0.25) is 0 Å². The van der Waals surface area contributed by atoms with E-state index in [2.05, 4.69) is 35.9 Å². The summed E-state index contributed by atoms with van der Waals surface area (Å²) in [6.45, 7) is 3.53. The Morgan fingerprint density at radius 2 is 1.77 bits per heavy atom. The van der Waals surface area contributed by atoms with Crippen molar-refractivity contribution in [3.63, 3.8) is 0 Å². The van der Waals surface area contributed by atoms with Gasteiger partial charge in [-0.1, -0.05) is 36.4 Å². The molecule has 0 spiro atoms. The zero-order valence-electron chi connectivity index (χ0n) is 17.5. The molecule has 0 N–H and O–H groups in total. The zero-order chi connectivity index (χ0) is 21.3. The Bertz CT molecular complexity index is 1150. The van der Waals surface area contributed by atoms with E-state index in [1.54, 1.807) is 11.9 Å². The highest BCUT2D eigenvalue weighted by Crippen LogP contribution is 2.27. The number of fused-ring (bicyclic) bond motifs is 1. The molecule has 30 heavy (non-hydrogen) atoms. The average Bonchev–Trinajstić information content (AvgIpc) is 3.19. The molecule has 1 aliphatic heterocycles. The second-order valence-electron chi connectivity index (χ2n) is 7.50. The molecule has 4 rings (SSSR count). The lowest BCUT2D eigenvalue weighted by Gasteiger charge is -2.10. The van der Waals surface area contributed by atoms with E-state index in [0.29, 0.717) is 17.4 Å². The lowest BCUT2D eigenvalue weighted by atomic mass is 10.1. The van der Waals surface area contributed by atoms with E-state index >= 15 is 0 Å². The van der Waals surface area contributed by atoms with E-state index in [4.69, 9.17) is 17.0 Å². The Hall–Kier alpha value is -3.12. The second-order valence-corrected chi connectivity index (χ2v) is 7.86. The minimum absolute atomic E-state index is 0.0778. The van der Waals surface area contributed by atoms with E-state index in [0.717, 1.165) is 40.7 Å². The number of para-hydroxylation sites is 2. The minimum Gasteiger partial charge on any atom is -0.493 e. The first-order valence-electron chi connectivity index (χ1n) is 10.0. The van der Waals surface area contributed by atoms with Crippen LogP contribution in [-0.2, 0) is 11.3 Å². The molecule has 0 atom stereocenters. The number of hydrogen-bond acceptors (Lipinski definition) is 3. The molecule has 1 aliphatic rings. The van der Waals surface area contributed by atoms with E-state index in [9.17, 15) is 4.79 Å². The molecule has 154 valence electrons. The quantitative estimate of drug-likeness (QED) is 0.336. The molecule has 1 amide bonds. The number of aryl methyl sites for hydroxylation is 2. The monoisotopic (exact) mass is 419 g/mol. The van der Waals surface area contributed by atoms with E-state index in [1.807, 2.05) is 43.5 Å². The fourth-order valence-electron chi connectivity index (χ4n) is 3.75. The fourth-order valence-corrected chi connectivity index (χ4v) is 3.93. The van der Waals surface area contributed by atoms with Gasteiger partial charge in [0.25, 0.3) is 5.91 Å². The Morgan fingerprint density at radius 3 is 2.50 bits per heavy atom. The number of aromatic nitrogens is 1. The maximum atomic E-state index is 12.6. The van der Waals surface area contributed by atoms with Crippen LogP contribution in [0, 0.1) is 6.92 Å². The van der Waals surface area contributed by atoms with Gasteiger partial charge < -0.3 is 14.2 Å². The van der Waals surface area contributed by atoms with Gasteiger partial charge >= 0.3 is 0 Å². The topological polar surface area (TPSA) is 37.7 Å². The molecule has 0 saturated carbocycles. The van der Waals surface area contributed by atoms with Crippen LogP contribution >= 0.6 is 12.2 Å². The van der Waals surface area contributed by atoms with Crippen molar-refractivity contribution in [2.24, 2.45) is 0 Å². The smallest absolute Gasteiger partial charge is 0.276 e. The lowest BCUT2D eigenvalue weighted by molar-refractivity contribution is -0.121. The van der Waals surface area contributed by atoms with Crippen molar-refractivity contribution >= 4 is 40.2 Å². The summed E-state index contributed by atoms with van der Waals surface area (Å²) < 4.78 is 8.17. The molecule has 2 heterocycles. The molecule has 1 fully saturated rings. The maximum absolute atomic E-state index is 12.6. The third-order valence-electron chi connectivity index (χ3n) is 5.47. The number of nitrogens with zero attached hydrogens (tertiary/aromatic N) is 3. The largest absolute Gasteiger partial charge is 0.493 e. The third-order valence-corrected chi connectivity index (χ3v) is 6.01. The van der Waals surface area contributed by atoms with Crippen LogP contribution in [0.3, 0.4) is 0 Å². The van der Waals surface area contributed by atoms with Gasteiger partial charge in [-0.2, -0.15) is 0 Å². The van der Waals surface area contributed by atoms with Crippen LogP contribution in [-0.4, -0.2) is 46.1 Å². The molecule has 3 aromatic rings. The zero-order valence-corrected chi connectivity index (χ0v) is 18.3. The summed E-state index contributed by atoms with van der Waals surface area (Å²) in [6, 6.07) is 16.3. The number of benzene rings is 2. The first-order valence-corrected chi connectivity index (χ1v) is 10.4. The van der Waals surface area contributed by atoms with Crippen molar-refractivity contribution in [1.82, 2.24) is 14.4 Å². The number of carbonyl (C=O) groups is 1. The molecule has 6 heteroatoms. The number of ether oxygens (including phenoxy) is 1. The van der Waals surface area contributed by atoms with Crippen LogP contribution < -0.4 is 4.74 Å². The van der Waals surface area contributed by atoms with Gasteiger partial charge in [-0.25, -0.2) is 0 Å². The van der Waals surface area contributed by atoms with Crippen LogP contribution in [0.1, 0.15) is 17.5 Å². The highest BCUT2D eigenvalue weighted by atomic mass is 32.1. The number of likely N-dealkylation sites (N-methyl/N-ethyl adjacent to an activating group) is 2. The van der Waals surface area contributed by atoms with Crippen molar-refractivity contribution in [3.05, 3.63) is 71.6 Å². The molecule has 1 aromatic heterocycles. The molecule has 1 saturated heterocycles. The predicted octanol–water partition coefficient (Wildman–Crippen LogP) is 4.45. The van der Waals surface area contributed by atoms with Crippen LogP contribution in [0.5, 0.6) is 5.75 Å².